The van der Waals surface area contributed by atoms with Gasteiger partial charge in [-0.15, -0.1) is 10.2 Å². The van der Waals surface area contributed by atoms with Crippen molar-refractivity contribution in [2.24, 2.45) is 0 Å². The van der Waals surface area contributed by atoms with E-state index < -0.39 is 5.82 Å². The van der Waals surface area contributed by atoms with Gasteiger partial charge >= 0.3 is 0 Å². The number of benzene rings is 1. The van der Waals surface area contributed by atoms with Gasteiger partial charge in [0.15, 0.2) is 5.82 Å². The normalized spacial score (nSPS) is 14.1. The van der Waals surface area contributed by atoms with Gasteiger partial charge in [-0.05, 0) is 24.3 Å². The third-order valence-electron chi connectivity index (χ3n) is 4.36. The molecule has 4 rings (SSSR count). The van der Waals surface area contributed by atoms with E-state index in [0.29, 0.717) is 42.2 Å². The number of ether oxygens (including phenoxy) is 2. The Bertz CT molecular complexity index is 976. The summed E-state index contributed by atoms with van der Waals surface area (Å²) in [6.45, 7) is 0.819. The molecule has 1 N–H and O–H groups in total. The molecule has 1 aromatic carbocycles. The summed E-state index contributed by atoms with van der Waals surface area (Å²) in [5, 5.41) is 18.1. The van der Waals surface area contributed by atoms with Gasteiger partial charge in [0.05, 0.1) is 37.1 Å². The minimum Gasteiger partial charge on any atom is -0.485 e. The molecule has 146 valence electrons. The Balaban J connectivity index is 1.50. The van der Waals surface area contributed by atoms with Crippen molar-refractivity contribution in [3.63, 3.8) is 0 Å². The van der Waals surface area contributed by atoms with E-state index in [1.807, 2.05) is 11.0 Å². The highest BCUT2D eigenvalue weighted by Gasteiger charge is 2.33. The van der Waals surface area contributed by atoms with Crippen LogP contribution in [0.5, 0.6) is 11.6 Å². The Morgan fingerprint density at radius 1 is 1.25 bits per heavy atom. The quantitative estimate of drug-likeness (QED) is 0.673. The van der Waals surface area contributed by atoms with Gasteiger partial charge in [-0.3, -0.25) is 4.57 Å². The number of aliphatic hydroxyl groups is 1. The Morgan fingerprint density at radius 3 is 2.71 bits per heavy atom. The zero-order valence-corrected chi connectivity index (χ0v) is 15.7. The molecule has 8 nitrogen and oxygen atoms in total. The lowest BCUT2D eigenvalue weighted by atomic mass is 10.2. The zero-order chi connectivity index (χ0) is 19.7. The number of anilines is 1. The molecule has 0 atom stereocenters. The molecule has 0 spiro atoms. The van der Waals surface area contributed by atoms with Crippen LogP contribution in [0.2, 0.25) is 5.02 Å². The Hall–Kier alpha value is -2.91. The minimum atomic E-state index is -0.412. The first-order chi connectivity index (χ1) is 13.6. The smallest absolute Gasteiger partial charge is 0.232 e. The van der Waals surface area contributed by atoms with Gasteiger partial charge in [0.1, 0.15) is 24.3 Å². The molecule has 1 saturated heterocycles. The van der Waals surface area contributed by atoms with E-state index >= 15 is 0 Å². The summed E-state index contributed by atoms with van der Waals surface area (Å²) in [5.41, 5.74) is 0.704. The maximum absolute atomic E-state index is 13.2. The van der Waals surface area contributed by atoms with Crippen LogP contribution in [0.3, 0.4) is 0 Å². The van der Waals surface area contributed by atoms with E-state index in [9.17, 15) is 9.50 Å². The van der Waals surface area contributed by atoms with Crippen molar-refractivity contribution in [2.45, 2.75) is 12.7 Å². The van der Waals surface area contributed by atoms with E-state index in [4.69, 9.17) is 21.1 Å². The van der Waals surface area contributed by atoms with Crippen molar-refractivity contribution < 1.29 is 19.0 Å². The van der Waals surface area contributed by atoms with Gasteiger partial charge in [-0.25, -0.2) is 9.37 Å². The Labute approximate surface area is 165 Å². The molecule has 3 heterocycles. The van der Waals surface area contributed by atoms with Crippen LogP contribution in [-0.4, -0.2) is 51.2 Å². The summed E-state index contributed by atoms with van der Waals surface area (Å²) in [4.78, 5) is 6.15. The topological polar surface area (TPSA) is 85.5 Å². The molecule has 0 bridgehead atoms. The number of halogens is 2. The first-order valence-corrected chi connectivity index (χ1v) is 8.89. The number of methoxy groups -OCH3 is 1. The van der Waals surface area contributed by atoms with Gasteiger partial charge in [0.25, 0.3) is 0 Å². The second kappa shape index (κ2) is 7.61. The summed E-state index contributed by atoms with van der Waals surface area (Å²) in [5.74, 6) is 1.47. The van der Waals surface area contributed by atoms with Crippen LogP contribution in [0.1, 0.15) is 5.82 Å². The van der Waals surface area contributed by atoms with Crippen LogP contribution >= 0.6 is 11.6 Å². The zero-order valence-electron chi connectivity index (χ0n) is 14.9. The molecule has 28 heavy (non-hydrogen) atoms. The Morgan fingerprint density at radius 2 is 2.07 bits per heavy atom. The highest BCUT2D eigenvalue weighted by atomic mass is 35.5. The second-order valence-corrected chi connectivity index (χ2v) is 6.60. The largest absolute Gasteiger partial charge is 0.485 e. The van der Waals surface area contributed by atoms with Crippen molar-refractivity contribution in [1.82, 2.24) is 19.7 Å². The van der Waals surface area contributed by atoms with Crippen LogP contribution in [-0.2, 0) is 6.61 Å². The lowest BCUT2D eigenvalue weighted by molar-refractivity contribution is 0.165. The van der Waals surface area contributed by atoms with E-state index in [1.54, 1.807) is 23.9 Å². The Kier molecular flexibility index (Phi) is 5.01. The standard InChI is InChI=1S/C18H17ClFN5O3/c1-27-17-5-3-12(7-21-17)25-16(10-26)22-23-18(25)24-8-13(9-24)28-15-4-2-11(20)6-14(15)19/h2-7,13,26H,8-10H2,1H3. The van der Waals surface area contributed by atoms with Crippen LogP contribution in [0.4, 0.5) is 10.3 Å². The van der Waals surface area contributed by atoms with E-state index in [1.165, 1.54) is 18.2 Å². The molecule has 0 saturated carbocycles. The molecule has 0 unspecified atom stereocenters. The molecule has 10 heteroatoms. The van der Waals surface area contributed by atoms with Crippen LogP contribution in [0, 0.1) is 5.82 Å². The first-order valence-electron chi connectivity index (χ1n) is 8.51. The molecular formula is C18H17ClFN5O3. The van der Waals surface area contributed by atoms with E-state index in [-0.39, 0.29) is 17.7 Å². The third kappa shape index (κ3) is 3.46. The number of rotatable bonds is 6. The van der Waals surface area contributed by atoms with E-state index in [2.05, 4.69) is 15.2 Å². The van der Waals surface area contributed by atoms with Crippen LogP contribution < -0.4 is 14.4 Å². The average Bonchev–Trinajstić information content (AvgIpc) is 3.09. The van der Waals surface area contributed by atoms with Crippen molar-refractivity contribution in [1.29, 1.82) is 0 Å². The minimum absolute atomic E-state index is 0.125. The molecule has 0 aliphatic carbocycles. The highest BCUT2D eigenvalue weighted by Crippen LogP contribution is 2.30. The summed E-state index contributed by atoms with van der Waals surface area (Å²) >= 11 is 6.01. The van der Waals surface area contributed by atoms with Gasteiger partial charge in [-0.2, -0.15) is 0 Å². The van der Waals surface area contributed by atoms with Crippen molar-refractivity contribution >= 4 is 17.5 Å². The monoisotopic (exact) mass is 405 g/mol. The fraction of sp³-hybridized carbons (Fsp3) is 0.278. The number of aromatic nitrogens is 4. The number of aliphatic hydroxyl groups excluding tert-OH is 1. The molecule has 1 aliphatic rings. The van der Waals surface area contributed by atoms with Crippen LogP contribution in [0.15, 0.2) is 36.5 Å². The van der Waals surface area contributed by atoms with Gasteiger partial charge < -0.3 is 19.5 Å². The SMILES string of the molecule is COc1ccc(-n2c(CO)nnc2N2CC(Oc3ccc(F)cc3Cl)C2)cn1. The first kappa shape index (κ1) is 18.5. The fourth-order valence-corrected chi connectivity index (χ4v) is 3.14. The number of nitrogens with zero attached hydrogens (tertiary/aromatic N) is 5. The second-order valence-electron chi connectivity index (χ2n) is 6.19. The average molecular weight is 406 g/mol. The maximum Gasteiger partial charge on any atom is 0.232 e. The molecule has 0 amide bonds. The fourth-order valence-electron chi connectivity index (χ4n) is 2.93. The highest BCUT2D eigenvalue weighted by molar-refractivity contribution is 6.32. The lowest BCUT2D eigenvalue weighted by Crippen LogP contribution is -2.55. The molecule has 1 aliphatic heterocycles. The molecule has 3 aromatic rings. The summed E-state index contributed by atoms with van der Waals surface area (Å²) in [6, 6.07) is 7.56. The van der Waals surface area contributed by atoms with Crippen molar-refractivity contribution in [2.75, 3.05) is 25.1 Å². The summed E-state index contributed by atoms with van der Waals surface area (Å²) < 4.78 is 25.8. The molecule has 1 fully saturated rings. The van der Waals surface area contributed by atoms with E-state index in [0.717, 1.165) is 0 Å². The van der Waals surface area contributed by atoms with Crippen molar-refractivity contribution in [3.8, 4) is 17.3 Å². The third-order valence-corrected chi connectivity index (χ3v) is 4.66. The molecule has 2 aromatic heterocycles. The van der Waals surface area contributed by atoms with Gasteiger partial charge in [0.2, 0.25) is 11.8 Å². The van der Waals surface area contributed by atoms with Gasteiger partial charge in [-0.1, -0.05) is 11.6 Å². The predicted octanol–water partition coefficient (Wildman–Crippen LogP) is 2.22. The van der Waals surface area contributed by atoms with Crippen LogP contribution in [0.25, 0.3) is 5.69 Å². The maximum atomic E-state index is 13.2. The lowest BCUT2D eigenvalue weighted by Gasteiger charge is -2.39. The summed E-state index contributed by atoms with van der Waals surface area (Å²) in [6.07, 6.45) is 1.50. The predicted molar refractivity (Wildman–Crippen MR) is 99.7 cm³/mol. The number of hydrogen-bond donors (Lipinski definition) is 1. The van der Waals surface area contributed by atoms with Crippen molar-refractivity contribution in [3.05, 3.63) is 53.2 Å². The molecule has 0 radical (unpaired) electrons. The number of pyridine rings is 1. The van der Waals surface area contributed by atoms with Gasteiger partial charge in [0, 0.05) is 6.07 Å². The number of hydrogen-bond acceptors (Lipinski definition) is 7. The summed E-state index contributed by atoms with van der Waals surface area (Å²) in [7, 11) is 1.54. The molecular weight excluding hydrogens is 389 g/mol.